The lowest BCUT2D eigenvalue weighted by atomic mass is 9.92. The molecule has 32 heavy (non-hydrogen) atoms. The highest BCUT2D eigenvalue weighted by Crippen LogP contribution is 2.45. The zero-order valence-corrected chi connectivity index (χ0v) is 19.8. The smallest absolute Gasteiger partial charge is 0.254 e. The fourth-order valence-electron chi connectivity index (χ4n) is 6.18. The zero-order valence-electron chi connectivity index (χ0n) is 18.9. The molecule has 0 bridgehead atoms. The molecule has 0 spiro atoms. The van der Waals surface area contributed by atoms with Crippen molar-refractivity contribution in [3.8, 4) is 0 Å². The Bertz CT molecular complexity index is 791. The minimum Gasteiger partial charge on any atom is -0.755 e. The maximum atomic E-state index is 13.0. The second-order valence-corrected chi connectivity index (χ2v) is 10.6. The number of hydrogen-bond donors (Lipinski definition) is 2. The van der Waals surface area contributed by atoms with E-state index in [1.54, 1.807) is 24.3 Å². The zero-order chi connectivity index (χ0) is 22.7. The van der Waals surface area contributed by atoms with Gasteiger partial charge in [-0.1, -0.05) is 32.1 Å². The number of piperazine rings is 1. The van der Waals surface area contributed by atoms with Gasteiger partial charge in [0.05, 0.1) is 0 Å². The Kier molecular flexibility index (Phi) is 7.87. The van der Waals surface area contributed by atoms with Crippen LogP contribution < -0.4 is 4.72 Å². The monoisotopic (exact) mass is 462 g/mol. The Morgan fingerprint density at radius 2 is 1.81 bits per heavy atom. The minimum atomic E-state index is -2.38. The van der Waals surface area contributed by atoms with Gasteiger partial charge in [-0.25, -0.2) is 0 Å². The number of rotatable bonds is 6. The molecule has 3 fully saturated rings. The number of carbonyl (C=O) groups is 1. The first-order valence-corrected chi connectivity index (χ1v) is 13.2. The summed E-state index contributed by atoms with van der Waals surface area (Å²) in [6.07, 6.45) is 9.87. The predicted octanol–water partition coefficient (Wildman–Crippen LogP) is 3.35. The quantitative estimate of drug-likeness (QED) is 0.632. The molecule has 8 heteroatoms. The lowest BCUT2D eigenvalue weighted by Gasteiger charge is -2.42. The number of nitrogens with one attached hydrogen (secondary N) is 1. The van der Waals surface area contributed by atoms with E-state index in [4.69, 9.17) is 0 Å². The number of anilines is 1. The summed E-state index contributed by atoms with van der Waals surface area (Å²) in [5, 5.41) is 11.0. The highest BCUT2D eigenvalue weighted by molar-refractivity contribution is 7.80. The number of hydrogen-bond acceptors (Lipinski definition) is 5. The fraction of sp³-hybridized carbons (Fsp3) is 0.708. The second kappa shape index (κ2) is 10.6. The third-order valence-electron chi connectivity index (χ3n) is 7.81. The SMILES string of the molecule is C[C@@H]1CN(C(O)CC2CC3CCCCCC3C2)CCN1C(=O)c1ccc(NS(=O)[O-])cc1. The summed E-state index contributed by atoms with van der Waals surface area (Å²) in [6, 6.07) is 6.48. The minimum absolute atomic E-state index is 0.00696. The number of amides is 1. The first-order chi connectivity index (χ1) is 15.4. The lowest BCUT2D eigenvalue weighted by Crippen LogP contribution is -2.56. The van der Waals surface area contributed by atoms with E-state index in [1.165, 1.54) is 44.9 Å². The number of fused-ring (bicyclic) bond motifs is 1. The average molecular weight is 463 g/mol. The topological polar surface area (TPSA) is 95.9 Å². The molecule has 1 saturated heterocycles. The van der Waals surface area contributed by atoms with Gasteiger partial charge in [0.2, 0.25) is 0 Å². The summed E-state index contributed by atoms with van der Waals surface area (Å²) in [7, 11) is 0. The van der Waals surface area contributed by atoms with Gasteiger partial charge in [0, 0.05) is 48.2 Å². The summed E-state index contributed by atoms with van der Waals surface area (Å²) in [4.78, 5) is 17.0. The molecular weight excluding hydrogens is 426 g/mol. The summed E-state index contributed by atoms with van der Waals surface area (Å²) < 4.78 is 23.8. The van der Waals surface area contributed by atoms with Gasteiger partial charge in [0.1, 0.15) is 6.23 Å². The van der Waals surface area contributed by atoms with Crippen molar-refractivity contribution in [3.63, 3.8) is 0 Å². The van der Waals surface area contributed by atoms with Crippen molar-refractivity contribution >= 4 is 22.9 Å². The Balaban J connectivity index is 1.28. The van der Waals surface area contributed by atoms with E-state index in [0.29, 0.717) is 36.8 Å². The van der Waals surface area contributed by atoms with Gasteiger partial charge in [-0.2, -0.15) is 0 Å². The van der Waals surface area contributed by atoms with Crippen LogP contribution in [-0.2, 0) is 11.3 Å². The van der Waals surface area contributed by atoms with Crippen LogP contribution in [0, 0.1) is 17.8 Å². The summed E-state index contributed by atoms with van der Waals surface area (Å²) in [6.45, 7) is 3.95. The molecular formula is C24H36N3O4S-. The van der Waals surface area contributed by atoms with Crippen molar-refractivity contribution < 1.29 is 18.7 Å². The molecule has 1 amide bonds. The third kappa shape index (κ3) is 5.71. The molecule has 7 nitrogen and oxygen atoms in total. The molecule has 2 saturated carbocycles. The van der Waals surface area contributed by atoms with Crippen molar-refractivity contribution in [2.75, 3.05) is 24.4 Å². The highest BCUT2D eigenvalue weighted by Gasteiger charge is 2.37. The molecule has 4 rings (SSSR count). The van der Waals surface area contributed by atoms with Gasteiger partial charge >= 0.3 is 0 Å². The number of nitrogens with zero attached hydrogens (tertiary/aromatic N) is 2. The normalized spacial score (nSPS) is 30.9. The number of carbonyl (C=O) groups excluding carboxylic acids is 1. The van der Waals surface area contributed by atoms with Crippen molar-refractivity contribution in [2.45, 2.75) is 70.6 Å². The van der Waals surface area contributed by atoms with Gasteiger partial charge in [-0.05, 0) is 68.2 Å². The molecule has 0 aromatic heterocycles. The molecule has 0 radical (unpaired) electrons. The third-order valence-corrected chi connectivity index (χ3v) is 8.21. The van der Waals surface area contributed by atoms with E-state index < -0.39 is 17.5 Å². The van der Waals surface area contributed by atoms with Crippen LogP contribution in [0.5, 0.6) is 0 Å². The Hall–Kier alpha value is -1.48. The number of aliphatic hydroxyl groups is 1. The van der Waals surface area contributed by atoms with Crippen LogP contribution in [0.4, 0.5) is 5.69 Å². The van der Waals surface area contributed by atoms with E-state index in [-0.39, 0.29) is 11.9 Å². The Morgan fingerprint density at radius 1 is 1.16 bits per heavy atom. The predicted molar refractivity (Wildman–Crippen MR) is 124 cm³/mol. The lowest BCUT2D eigenvalue weighted by molar-refractivity contribution is -0.0481. The molecule has 178 valence electrons. The maximum Gasteiger partial charge on any atom is 0.254 e. The standard InChI is InChI=1S/C24H37N3O4S/c1-17-16-26(23(28)15-18-13-20-5-3-2-4-6-21(20)14-18)11-12-27(17)24(29)19-7-9-22(10-8-19)25-32(30)31/h7-10,17-18,20-21,23,25,28H,2-6,11-16H2,1H3,(H,30,31)/p-1/t17-,18?,20?,21?,23?/m1/s1. The van der Waals surface area contributed by atoms with Gasteiger partial charge in [-0.3, -0.25) is 13.9 Å². The molecule has 4 unspecified atom stereocenters. The van der Waals surface area contributed by atoms with Crippen LogP contribution in [0.1, 0.15) is 68.6 Å². The summed E-state index contributed by atoms with van der Waals surface area (Å²) in [5.74, 6) is 2.32. The number of aliphatic hydroxyl groups excluding tert-OH is 1. The first kappa shape index (κ1) is 23.7. The molecule has 1 heterocycles. The number of benzene rings is 1. The Labute approximate surface area is 194 Å². The van der Waals surface area contributed by atoms with Crippen molar-refractivity contribution in [3.05, 3.63) is 29.8 Å². The summed E-state index contributed by atoms with van der Waals surface area (Å²) in [5.41, 5.74) is 0.968. The van der Waals surface area contributed by atoms with Crippen LogP contribution in [0.3, 0.4) is 0 Å². The van der Waals surface area contributed by atoms with Crippen molar-refractivity contribution in [1.82, 2.24) is 9.80 Å². The van der Waals surface area contributed by atoms with Crippen LogP contribution >= 0.6 is 0 Å². The largest absolute Gasteiger partial charge is 0.755 e. The van der Waals surface area contributed by atoms with Crippen LogP contribution in [-0.4, -0.2) is 61.5 Å². The van der Waals surface area contributed by atoms with Crippen LogP contribution in [0.2, 0.25) is 0 Å². The van der Waals surface area contributed by atoms with E-state index in [9.17, 15) is 18.7 Å². The van der Waals surface area contributed by atoms with Gasteiger partial charge in [0.15, 0.2) is 0 Å². The average Bonchev–Trinajstić information content (AvgIpc) is 3.01. The molecule has 3 aliphatic rings. The maximum absolute atomic E-state index is 13.0. The van der Waals surface area contributed by atoms with Gasteiger partial charge < -0.3 is 19.3 Å². The van der Waals surface area contributed by atoms with E-state index in [2.05, 4.69) is 9.62 Å². The van der Waals surface area contributed by atoms with Crippen molar-refractivity contribution in [2.24, 2.45) is 17.8 Å². The Morgan fingerprint density at radius 3 is 2.41 bits per heavy atom. The highest BCUT2D eigenvalue weighted by atomic mass is 32.2. The van der Waals surface area contributed by atoms with E-state index in [1.807, 2.05) is 11.8 Å². The summed E-state index contributed by atoms with van der Waals surface area (Å²) >= 11 is -2.38. The molecule has 2 aliphatic carbocycles. The first-order valence-electron chi connectivity index (χ1n) is 12.1. The van der Waals surface area contributed by atoms with Crippen LogP contribution in [0.15, 0.2) is 24.3 Å². The van der Waals surface area contributed by atoms with Gasteiger partial charge in [-0.15, -0.1) is 0 Å². The molecule has 2 N–H and O–H groups in total. The van der Waals surface area contributed by atoms with Gasteiger partial charge in [0.25, 0.3) is 5.91 Å². The van der Waals surface area contributed by atoms with Crippen LogP contribution in [0.25, 0.3) is 0 Å². The molecule has 5 atom stereocenters. The van der Waals surface area contributed by atoms with Crippen molar-refractivity contribution in [1.29, 1.82) is 0 Å². The van der Waals surface area contributed by atoms with E-state index in [0.717, 1.165) is 18.3 Å². The molecule has 1 aromatic carbocycles. The fourth-order valence-corrected chi connectivity index (χ4v) is 6.50. The molecule has 1 aliphatic heterocycles. The second-order valence-electron chi connectivity index (χ2n) is 9.97. The van der Waals surface area contributed by atoms with E-state index >= 15 is 0 Å². The molecule has 1 aromatic rings.